The lowest BCUT2D eigenvalue weighted by Crippen LogP contribution is -1.84. The highest BCUT2D eigenvalue weighted by Crippen LogP contribution is 2.24. The van der Waals surface area contributed by atoms with Crippen molar-refractivity contribution in [3.05, 3.63) is 41.5 Å². The number of hydrogen-bond acceptors (Lipinski definition) is 3. The SMILES string of the molecule is O=Cc1ccc2cc(C=O)c(O)cc2c1. The van der Waals surface area contributed by atoms with Crippen LogP contribution in [-0.4, -0.2) is 17.7 Å². The minimum Gasteiger partial charge on any atom is -0.507 e. The number of hydrogen-bond donors (Lipinski definition) is 1. The third kappa shape index (κ3) is 1.59. The maximum absolute atomic E-state index is 10.6. The number of phenolic OH excluding ortho intramolecular Hbond substituents is 1. The lowest BCUT2D eigenvalue weighted by Gasteiger charge is -2.02. The second-order valence-electron chi connectivity index (χ2n) is 3.25. The molecule has 0 saturated carbocycles. The van der Waals surface area contributed by atoms with Crippen molar-refractivity contribution in [1.82, 2.24) is 0 Å². The Labute approximate surface area is 86.0 Å². The molecule has 0 bridgehead atoms. The molecule has 0 atom stereocenters. The molecular weight excluding hydrogens is 192 g/mol. The molecule has 3 heteroatoms. The second-order valence-corrected chi connectivity index (χ2v) is 3.25. The van der Waals surface area contributed by atoms with E-state index in [1.165, 1.54) is 6.07 Å². The maximum Gasteiger partial charge on any atom is 0.153 e. The van der Waals surface area contributed by atoms with Crippen LogP contribution in [0.2, 0.25) is 0 Å². The molecule has 2 aromatic carbocycles. The first-order valence-electron chi connectivity index (χ1n) is 4.42. The molecule has 0 spiro atoms. The predicted molar refractivity (Wildman–Crippen MR) is 56.4 cm³/mol. The third-order valence-corrected chi connectivity index (χ3v) is 2.27. The number of aromatic hydroxyl groups is 1. The topological polar surface area (TPSA) is 54.4 Å². The predicted octanol–water partition coefficient (Wildman–Crippen LogP) is 2.17. The third-order valence-electron chi connectivity index (χ3n) is 2.27. The van der Waals surface area contributed by atoms with E-state index in [0.29, 0.717) is 11.8 Å². The summed E-state index contributed by atoms with van der Waals surface area (Å²) in [5, 5.41) is 11.0. The Hall–Kier alpha value is -2.16. The number of aldehydes is 2. The molecule has 15 heavy (non-hydrogen) atoms. The summed E-state index contributed by atoms with van der Waals surface area (Å²) in [6, 6.07) is 8.14. The summed E-state index contributed by atoms with van der Waals surface area (Å²) in [5.74, 6) is -0.0689. The summed E-state index contributed by atoms with van der Waals surface area (Å²) >= 11 is 0. The van der Waals surface area contributed by atoms with Crippen molar-refractivity contribution in [3.8, 4) is 5.75 Å². The summed E-state index contributed by atoms with van der Waals surface area (Å²) in [6.45, 7) is 0. The molecular formula is C12H8O3. The van der Waals surface area contributed by atoms with Gasteiger partial charge in [0.1, 0.15) is 12.0 Å². The number of carbonyl (C=O) groups is 2. The van der Waals surface area contributed by atoms with Gasteiger partial charge >= 0.3 is 0 Å². The highest BCUT2D eigenvalue weighted by Gasteiger charge is 2.03. The van der Waals surface area contributed by atoms with Crippen molar-refractivity contribution in [2.24, 2.45) is 0 Å². The number of carbonyl (C=O) groups excluding carboxylic acids is 2. The van der Waals surface area contributed by atoms with Gasteiger partial charge in [-0.25, -0.2) is 0 Å². The van der Waals surface area contributed by atoms with Crippen molar-refractivity contribution < 1.29 is 14.7 Å². The fourth-order valence-electron chi connectivity index (χ4n) is 1.49. The molecule has 1 N–H and O–H groups in total. The van der Waals surface area contributed by atoms with E-state index in [4.69, 9.17) is 0 Å². The number of phenols is 1. The minimum absolute atomic E-state index is 0.0689. The lowest BCUT2D eigenvalue weighted by molar-refractivity contribution is 0.111. The van der Waals surface area contributed by atoms with Crippen molar-refractivity contribution in [2.75, 3.05) is 0 Å². The molecule has 0 fully saturated rings. The Morgan fingerprint density at radius 1 is 0.933 bits per heavy atom. The van der Waals surface area contributed by atoms with E-state index in [-0.39, 0.29) is 11.3 Å². The number of fused-ring (bicyclic) bond motifs is 1. The fourth-order valence-corrected chi connectivity index (χ4v) is 1.49. The molecule has 0 radical (unpaired) electrons. The van der Waals surface area contributed by atoms with Gasteiger partial charge < -0.3 is 5.11 Å². The normalized spacial score (nSPS) is 10.1. The molecule has 0 aliphatic rings. The van der Waals surface area contributed by atoms with Crippen LogP contribution in [0.25, 0.3) is 10.8 Å². The summed E-state index contributed by atoms with van der Waals surface area (Å²) in [6.07, 6.45) is 1.34. The van der Waals surface area contributed by atoms with E-state index in [1.807, 2.05) is 0 Å². The van der Waals surface area contributed by atoms with Gasteiger partial charge in [-0.3, -0.25) is 9.59 Å². The van der Waals surface area contributed by atoms with Crippen LogP contribution < -0.4 is 0 Å². The largest absolute Gasteiger partial charge is 0.507 e. The molecule has 0 saturated heterocycles. The lowest BCUT2D eigenvalue weighted by atomic mass is 10.0. The van der Waals surface area contributed by atoms with E-state index in [9.17, 15) is 14.7 Å². The first-order chi connectivity index (χ1) is 7.24. The Kier molecular flexibility index (Phi) is 2.21. The fraction of sp³-hybridized carbons (Fsp3) is 0. The van der Waals surface area contributed by atoms with Gasteiger partial charge in [0.05, 0.1) is 5.56 Å². The van der Waals surface area contributed by atoms with Crippen LogP contribution in [0.1, 0.15) is 20.7 Å². The van der Waals surface area contributed by atoms with Crippen LogP contribution in [0.4, 0.5) is 0 Å². The van der Waals surface area contributed by atoms with E-state index < -0.39 is 0 Å². The number of benzene rings is 2. The Balaban J connectivity index is 2.75. The highest BCUT2D eigenvalue weighted by atomic mass is 16.3. The molecule has 2 aromatic rings. The van der Waals surface area contributed by atoms with E-state index in [0.717, 1.165) is 17.1 Å². The van der Waals surface area contributed by atoms with Gasteiger partial charge in [0.15, 0.2) is 6.29 Å². The molecule has 0 amide bonds. The van der Waals surface area contributed by atoms with Crippen LogP contribution in [-0.2, 0) is 0 Å². The van der Waals surface area contributed by atoms with E-state index in [2.05, 4.69) is 0 Å². The minimum atomic E-state index is -0.0689. The Morgan fingerprint density at radius 3 is 2.40 bits per heavy atom. The monoisotopic (exact) mass is 200 g/mol. The molecule has 0 heterocycles. The van der Waals surface area contributed by atoms with Crippen LogP contribution >= 0.6 is 0 Å². The zero-order chi connectivity index (χ0) is 10.8. The summed E-state index contributed by atoms with van der Waals surface area (Å²) in [4.78, 5) is 21.1. The van der Waals surface area contributed by atoms with Gasteiger partial charge in [0.2, 0.25) is 0 Å². The van der Waals surface area contributed by atoms with Gasteiger partial charge in [0, 0.05) is 5.56 Å². The average molecular weight is 200 g/mol. The zero-order valence-corrected chi connectivity index (χ0v) is 7.81. The van der Waals surface area contributed by atoms with Crippen LogP contribution in [0.15, 0.2) is 30.3 Å². The van der Waals surface area contributed by atoms with Gasteiger partial charge in [-0.05, 0) is 29.0 Å². The van der Waals surface area contributed by atoms with Crippen molar-refractivity contribution in [1.29, 1.82) is 0 Å². The smallest absolute Gasteiger partial charge is 0.153 e. The van der Waals surface area contributed by atoms with Crippen LogP contribution in [0, 0.1) is 0 Å². The molecule has 0 unspecified atom stereocenters. The summed E-state index contributed by atoms with van der Waals surface area (Å²) in [5.41, 5.74) is 0.794. The molecule has 0 aromatic heterocycles. The standard InChI is InChI=1S/C12H8O3/c13-6-8-1-2-9-4-11(7-14)12(15)5-10(9)3-8/h1-7,15H. The quantitative estimate of drug-likeness (QED) is 0.756. The van der Waals surface area contributed by atoms with Gasteiger partial charge in [-0.15, -0.1) is 0 Å². The molecule has 3 nitrogen and oxygen atoms in total. The van der Waals surface area contributed by atoms with Gasteiger partial charge in [-0.2, -0.15) is 0 Å². The molecule has 0 aliphatic heterocycles. The highest BCUT2D eigenvalue weighted by molar-refractivity contribution is 5.94. The van der Waals surface area contributed by atoms with Crippen molar-refractivity contribution in [2.45, 2.75) is 0 Å². The summed E-state index contributed by atoms with van der Waals surface area (Å²) in [7, 11) is 0. The average Bonchev–Trinajstić information content (AvgIpc) is 2.27. The molecule has 74 valence electrons. The second kappa shape index (κ2) is 3.53. The van der Waals surface area contributed by atoms with Gasteiger partial charge in [0.25, 0.3) is 0 Å². The van der Waals surface area contributed by atoms with Crippen molar-refractivity contribution >= 4 is 23.3 Å². The van der Waals surface area contributed by atoms with E-state index >= 15 is 0 Å². The van der Waals surface area contributed by atoms with Crippen LogP contribution in [0.5, 0.6) is 5.75 Å². The first kappa shape index (κ1) is 9.40. The van der Waals surface area contributed by atoms with Crippen molar-refractivity contribution in [3.63, 3.8) is 0 Å². The first-order valence-corrected chi connectivity index (χ1v) is 4.42. The van der Waals surface area contributed by atoms with Crippen LogP contribution in [0.3, 0.4) is 0 Å². The summed E-state index contributed by atoms with van der Waals surface area (Å²) < 4.78 is 0. The Morgan fingerprint density at radius 2 is 1.73 bits per heavy atom. The number of rotatable bonds is 2. The molecule has 2 rings (SSSR count). The van der Waals surface area contributed by atoms with Gasteiger partial charge in [-0.1, -0.05) is 12.1 Å². The maximum atomic E-state index is 10.6. The molecule has 0 aliphatic carbocycles. The Bertz CT molecular complexity index is 544. The van der Waals surface area contributed by atoms with E-state index in [1.54, 1.807) is 24.3 Å². The zero-order valence-electron chi connectivity index (χ0n) is 7.81.